The lowest BCUT2D eigenvalue weighted by Gasteiger charge is -2.36. The molecule has 2 aliphatic rings. The molecule has 3 rings (SSSR count). The maximum absolute atomic E-state index is 12.5. The van der Waals surface area contributed by atoms with Crippen molar-refractivity contribution >= 4 is 16.0 Å². The first-order valence-electron chi connectivity index (χ1n) is 10.6. The smallest absolute Gasteiger partial charge is 0.216 e. The van der Waals surface area contributed by atoms with Gasteiger partial charge in [-0.3, -0.25) is 4.99 Å². The third-order valence-electron chi connectivity index (χ3n) is 5.36. The van der Waals surface area contributed by atoms with Gasteiger partial charge in [0.1, 0.15) is 0 Å². The predicted octanol–water partition coefficient (Wildman–Crippen LogP) is 1.88. The van der Waals surface area contributed by atoms with E-state index in [1.165, 1.54) is 5.56 Å². The third kappa shape index (κ3) is 6.17. The number of guanidine groups is 1. The Balaban J connectivity index is 1.51. The highest BCUT2D eigenvalue weighted by atomic mass is 32.2. The molecule has 1 saturated heterocycles. The van der Waals surface area contributed by atoms with Gasteiger partial charge in [0.2, 0.25) is 10.0 Å². The number of ether oxygens (including phenoxy) is 1. The van der Waals surface area contributed by atoms with Crippen LogP contribution >= 0.6 is 0 Å². The van der Waals surface area contributed by atoms with Crippen LogP contribution in [-0.2, 0) is 14.8 Å². The minimum Gasteiger partial charge on any atom is -0.378 e. The quantitative estimate of drug-likeness (QED) is 0.511. The number of piperazine rings is 1. The SMILES string of the molecule is CCN=C(NC1CC1c1ccccc1)N1CCN(S(=O)(=O)CCOC(C)C)CC1. The Morgan fingerprint density at radius 3 is 2.52 bits per heavy atom. The van der Waals surface area contributed by atoms with E-state index in [9.17, 15) is 8.42 Å². The number of hydrogen-bond donors (Lipinski definition) is 1. The maximum atomic E-state index is 12.5. The van der Waals surface area contributed by atoms with Crippen molar-refractivity contribution in [1.82, 2.24) is 14.5 Å². The molecule has 8 heteroatoms. The van der Waals surface area contributed by atoms with E-state index in [4.69, 9.17) is 4.74 Å². The van der Waals surface area contributed by atoms with Crippen LogP contribution in [-0.4, -0.2) is 80.8 Å². The maximum Gasteiger partial charge on any atom is 0.216 e. The van der Waals surface area contributed by atoms with E-state index in [0.29, 0.717) is 44.7 Å². The van der Waals surface area contributed by atoms with E-state index in [-0.39, 0.29) is 18.5 Å². The van der Waals surface area contributed by atoms with E-state index < -0.39 is 10.0 Å². The van der Waals surface area contributed by atoms with E-state index in [2.05, 4.69) is 39.5 Å². The molecule has 2 atom stereocenters. The summed E-state index contributed by atoms with van der Waals surface area (Å²) in [6.45, 7) is 9.08. The molecular weight excluding hydrogens is 388 g/mol. The first-order valence-corrected chi connectivity index (χ1v) is 12.2. The number of rotatable bonds is 8. The van der Waals surface area contributed by atoms with Gasteiger partial charge in [0, 0.05) is 44.7 Å². The minimum atomic E-state index is -3.27. The number of sulfonamides is 1. The van der Waals surface area contributed by atoms with Crippen molar-refractivity contribution in [1.29, 1.82) is 0 Å². The van der Waals surface area contributed by atoms with E-state index in [0.717, 1.165) is 12.4 Å². The molecule has 1 aromatic carbocycles. The lowest BCUT2D eigenvalue weighted by molar-refractivity contribution is 0.0904. The number of nitrogens with zero attached hydrogens (tertiary/aromatic N) is 3. The Labute approximate surface area is 175 Å². The van der Waals surface area contributed by atoms with Crippen molar-refractivity contribution in [3.05, 3.63) is 35.9 Å². The fraction of sp³-hybridized carbons (Fsp3) is 0.667. The normalized spacial score (nSPS) is 23.4. The van der Waals surface area contributed by atoms with Crippen LogP contribution in [0.2, 0.25) is 0 Å². The van der Waals surface area contributed by atoms with Gasteiger partial charge in [-0.2, -0.15) is 4.31 Å². The van der Waals surface area contributed by atoms with Crippen molar-refractivity contribution < 1.29 is 13.2 Å². The molecule has 0 aromatic heterocycles. The van der Waals surface area contributed by atoms with Gasteiger partial charge < -0.3 is 15.0 Å². The van der Waals surface area contributed by atoms with E-state index >= 15 is 0 Å². The molecule has 1 N–H and O–H groups in total. The zero-order valence-corrected chi connectivity index (χ0v) is 18.6. The lowest BCUT2D eigenvalue weighted by atomic mass is 10.1. The molecule has 0 spiro atoms. The van der Waals surface area contributed by atoms with Gasteiger partial charge in [-0.25, -0.2) is 8.42 Å². The first-order chi connectivity index (χ1) is 13.9. The minimum absolute atomic E-state index is 0.0418. The van der Waals surface area contributed by atoms with Gasteiger partial charge in [0.15, 0.2) is 5.96 Å². The van der Waals surface area contributed by atoms with Gasteiger partial charge in [-0.05, 0) is 32.8 Å². The summed E-state index contributed by atoms with van der Waals surface area (Å²) in [5, 5.41) is 3.60. The summed E-state index contributed by atoms with van der Waals surface area (Å²) in [4.78, 5) is 6.84. The van der Waals surface area contributed by atoms with Gasteiger partial charge in [-0.1, -0.05) is 30.3 Å². The van der Waals surface area contributed by atoms with Crippen molar-refractivity contribution in [2.24, 2.45) is 4.99 Å². The molecule has 0 bridgehead atoms. The molecule has 1 aromatic rings. The number of hydrogen-bond acceptors (Lipinski definition) is 4. The molecule has 1 aliphatic heterocycles. The Bertz CT molecular complexity index is 774. The predicted molar refractivity (Wildman–Crippen MR) is 117 cm³/mol. The average molecular weight is 423 g/mol. The highest BCUT2D eigenvalue weighted by Crippen LogP contribution is 2.40. The van der Waals surface area contributed by atoms with Crippen LogP contribution in [0.3, 0.4) is 0 Å². The standard InChI is InChI=1S/C21H34N4O3S/c1-4-22-21(23-20-16-19(20)18-8-6-5-7-9-18)24-10-12-25(13-11-24)29(26,27)15-14-28-17(2)3/h5-9,17,19-20H,4,10-16H2,1-3H3,(H,22,23). The molecule has 29 heavy (non-hydrogen) atoms. The first kappa shape index (κ1) is 22.1. The summed E-state index contributed by atoms with van der Waals surface area (Å²) in [7, 11) is -3.27. The second-order valence-corrected chi connectivity index (χ2v) is 10.0. The summed E-state index contributed by atoms with van der Waals surface area (Å²) in [5.74, 6) is 1.47. The molecule has 1 heterocycles. The lowest BCUT2D eigenvalue weighted by Crippen LogP contribution is -2.54. The Kier molecular flexibility index (Phi) is 7.54. The Morgan fingerprint density at radius 2 is 1.90 bits per heavy atom. The van der Waals surface area contributed by atoms with Crippen LogP contribution in [0.4, 0.5) is 0 Å². The average Bonchev–Trinajstić information content (AvgIpc) is 3.47. The van der Waals surface area contributed by atoms with Crippen LogP contribution in [0, 0.1) is 0 Å². The van der Waals surface area contributed by atoms with Crippen LogP contribution in [0.5, 0.6) is 0 Å². The molecule has 0 amide bonds. The van der Waals surface area contributed by atoms with Crippen LogP contribution in [0.1, 0.15) is 38.7 Å². The van der Waals surface area contributed by atoms with Crippen LogP contribution in [0.25, 0.3) is 0 Å². The van der Waals surface area contributed by atoms with E-state index in [1.807, 2.05) is 26.8 Å². The van der Waals surface area contributed by atoms with Crippen molar-refractivity contribution in [2.75, 3.05) is 45.1 Å². The zero-order valence-electron chi connectivity index (χ0n) is 17.8. The van der Waals surface area contributed by atoms with Crippen molar-refractivity contribution in [3.63, 3.8) is 0 Å². The second-order valence-electron chi connectivity index (χ2n) is 7.92. The monoisotopic (exact) mass is 422 g/mol. The molecule has 7 nitrogen and oxygen atoms in total. The Hall–Kier alpha value is -1.64. The summed E-state index contributed by atoms with van der Waals surface area (Å²) in [6, 6.07) is 11.0. The van der Waals surface area contributed by atoms with Gasteiger partial charge in [-0.15, -0.1) is 0 Å². The number of aliphatic imine (C=N–C) groups is 1. The summed E-state index contributed by atoms with van der Waals surface area (Å²) >= 11 is 0. The highest BCUT2D eigenvalue weighted by molar-refractivity contribution is 7.89. The highest BCUT2D eigenvalue weighted by Gasteiger charge is 2.40. The molecule has 1 saturated carbocycles. The topological polar surface area (TPSA) is 74.2 Å². The van der Waals surface area contributed by atoms with Gasteiger partial charge in [0.25, 0.3) is 0 Å². The van der Waals surface area contributed by atoms with E-state index in [1.54, 1.807) is 4.31 Å². The molecule has 2 fully saturated rings. The fourth-order valence-corrected chi connectivity index (χ4v) is 4.96. The number of nitrogens with one attached hydrogen (secondary N) is 1. The second kappa shape index (κ2) is 9.91. The largest absolute Gasteiger partial charge is 0.378 e. The molecule has 2 unspecified atom stereocenters. The number of benzene rings is 1. The summed E-state index contributed by atoms with van der Waals surface area (Å²) < 4.78 is 32.1. The molecule has 1 aliphatic carbocycles. The van der Waals surface area contributed by atoms with Gasteiger partial charge >= 0.3 is 0 Å². The van der Waals surface area contributed by atoms with Crippen LogP contribution in [0.15, 0.2) is 35.3 Å². The third-order valence-corrected chi connectivity index (χ3v) is 7.20. The fourth-order valence-electron chi connectivity index (χ4n) is 3.67. The molecule has 0 radical (unpaired) electrons. The van der Waals surface area contributed by atoms with Gasteiger partial charge in [0.05, 0.1) is 18.5 Å². The molecular formula is C21H34N4O3S. The zero-order chi connectivity index (χ0) is 20.9. The summed E-state index contributed by atoms with van der Waals surface area (Å²) in [6.07, 6.45) is 1.15. The van der Waals surface area contributed by atoms with Crippen molar-refractivity contribution in [3.8, 4) is 0 Å². The van der Waals surface area contributed by atoms with Crippen molar-refractivity contribution in [2.45, 2.75) is 45.3 Å². The Morgan fingerprint density at radius 1 is 1.21 bits per heavy atom. The van der Waals surface area contributed by atoms with Crippen LogP contribution < -0.4 is 5.32 Å². The molecule has 162 valence electrons. The summed E-state index contributed by atoms with van der Waals surface area (Å²) in [5.41, 5.74) is 1.36.